The highest BCUT2D eigenvalue weighted by atomic mass is 32.1. The van der Waals surface area contributed by atoms with Crippen molar-refractivity contribution in [1.29, 1.82) is 0 Å². The molecule has 0 saturated heterocycles. The molecule has 0 aliphatic heterocycles. The van der Waals surface area contributed by atoms with Gasteiger partial charge in [-0.15, -0.1) is 17.9 Å². The molecule has 16 heavy (non-hydrogen) atoms. The lowest BCUT2D eigenvalue weighted by Crippen LogP contribution is -2.13. The monoisotopic (exact) mass is 237 g/mol. The number of nitrogens with one attached hydrogen (secondary N) is 1. The average molecular weight is 237 g/mol. The third-order valence-corrected chi connectivity index (χ3v) is 3.86. The SMILES string of the molecule is C=CCCCCCNCc1ccc(CC)s1. The van der Waals surface area contributed by atoms with Gasteiger partial charge < -0.3 is 5.32 Å². The average Bonchev–Trinajstić information content (AvgIpc) is 2.76. The lowest BCUT2D eigenvalue weighted by Gasteiger charge is -2.02. The summed E-state index contributed by atoms with van der Waals surface area (Å²) in [4.78, 5) is 2.95. The molecule has 0 spiro atoms. The summed E-state index contributed by atoms with van der Waals surface area (Å²) in [7, 11) is 0. The van der Waals surface area contributed by atoms with E-state index in [1.165, 1.54) is 29.0 Å². The first kappa shape index (κ1) is 13.5. The molecule has 2 heteroatoms. The van der Waals surface area contributed by atoms with Gasteiger partial charge in [0.2, 0.25) is 0 Å². The van der Waals surface area contributed by atoms with Crippen molar-refractivity contribution in [3.63, 3.8) is 0 Å². The van der Waals surface area contributed by atoms with Crippen LogP contribution in [0.1, 0.15) is 42.4 Å². The highest BCUT2D eigenvalue weighted by Gasteiger charge is 1.97. The van der Waals surface area contributed by atoms with E-state index in [4.69, 9.17) is 0 Å². The van der Waals surface area contributed by atoms with E-state index in [0.29, 0.717) is 0 Å². The van der Waals surface area contributed by atoms with Crippen molar-refractivity contribution in [2.75, 3.05) is 6.54 Å². The van der Waals surface area contributed by atoms with E-state index in [9.17, 15) is 0 Å². The van der Waals surface area contributed by atoms with Crippen molar-refractivity contribution >= 4 is 11.3 Å². The summed E-state index contributed by atoms with van der Waals surface area (Å²) >= 11 is 1.93. The van der Waals surface area contributed by atoms with Crippen molar-refractivity contribution < 1.29 is 0 Å². The summed E-state index contributed by atoms with van der Waals surface area (Å²) in [5.41, 5.74) is 0. The minimum atomic E-state index is 1.03. The van der Waals surface area contributed by atoms with Crippen molar-refractivity contribution in [2.45, 2.75) is 45.6 Å². The van der Waals surface area contributed by atoms with Gasteiger partial charge in [0, 0.05) is 16.3 Å². The smallest absolute Gasteiger partial charge is 0.0299 e. The molecule has 1 aromatic heterocycles. The van der Waals surface area contributed by atoms with Crippen molar-refractivity contribution in [3.05, 3.63) is 34.5 Å². The van der Waals surface area contributed by atoms with Gasteiger partial charge in [0.05, 0.1) is 0 Å². The van der Waals surface area contributed by atoms with Gasteiger partial charge in [-0.2, -0.15) is 0 Å². The molecule has 0 radical (unpaired) electrons. The number of hydrogen-bond acceptors (Lipinski definition) is 2. The van der Waals surface area contributed by atoms with Gasteiger partial charge in [0.15, 0.2) is 0 Å². The number of rotatable bonds is 9. The molecule has 1 heterocycles. The predicted octanol–water partition coefficient (Wildman–Crippen LogP) is 4.15. The first-order chi connectivity index (χ1) is 7.86. The lowest BCUT2D eigenvalue weighted by atomic mass is 10.2. The second-order valence-corrected chi connectivity index (χ2v) is 5.29. The van der Waals surface area contributed by atoms with Gasteiger partial charge in [-0.1, -0.05) is 19.4 Å². The molecule has 1 aromatic rings. The molecule has 0 unspecified atom stereocenters. The number of allylic oxidation sites excluding steroid dienone is 1. The molecule has 0 aliphatic carbocycles. The molecular formula is C14H23NS. The maximum absolute atomic E-state index is 3.73. The van der Waals surface area contributed by atoms with Crippen molar-refractivity contribution in [1.82, 2.24) is 5.32 Å². The van der Waals surface area contributed by atoms with Crippen LogP contribution >= 0.6 is 11.3 Å². The molecule has 0 amide bonds. The summed E-state index contributed by atoms with van der Waals surface area (Å²) in [5, 5.41) is 3.50. The van der Waals surface area contributed by atoms with E-state index in [1.54, 1.807) is 0 Å². The Morgan fingerprint density at radius 2 is 2.06 bits per heavy atom. The Morgan fingerprint density at radius 1 is 1.25 bits per heavy atom. The van der Waals surface area contributed by atoms with Gasteiger partial charge in [-0.05, 0) is 44.4 Å². The normalized spacial score (nSPS) is 10.6. The molecule has 0 aliphatic rings. The Labute approximate surface area is 104 Å². The number of aryl methyl sites for hydroxylation is 1. The highest BCUT2D eigenvalue weighted by molar-refractivity contribution is 7.11. The molecule has 0 saturated carbocycles. The largest absolute Gasteiger partial charge is 0.312 e. The molecule has 1 rings (SSSR count). The van der Waals surface area contributed by atoms with E-state index < -0.39 is 0 Å². The predicted molar refractivity (Wildman–Crippen MR) is 74.1 cm³/mol. The van der Waals surface area contributed by atoms with Crippen LogP contribution in [0.3, 0.4) is 0 Å². The van der Waals surface area contributed by atoms with Gasteiger partial charge in [-0.3, -0.25) is 0 Å². The van der Waals surface area contributed by atoms with Crippen LogP contribution in [0.5, 0.6) is 0 Å². The lowest BCUT2D eigenvalue weighted by molar-refractivity contribution is 0.609. The first-order valence-corrected chi connectivity index (χ1v) is 7.07. The number of unbranched alkanes of at least 4 members (excludes halogenated alkanes) is 3. The third-order valence-electron chi connectivity index (χ3n) is 2.63. The Kier molecular flexibility index (Phi) is 7.19. The van der Waals surface area contributed by atoms with Crippen LogP contribution in [-0.4, -0.2) is 6.54 Å². The fraction of sp³-hybridized carbons (Fsp3) is 0.571. The fourth-order valence-electron chi connectivity index (χ4n) is 1.63. The van der Waals surface area contributed by atoms with Crippen LogP contribution in [0, 0.1) is 0 Å². The minimum Gasteiger partial charge on any atom is -0.312 e. The Hall–Kier alpha value is -0.600. The molecule has 1 nitrogen and oxygen atoms in total. The molecule has 0 fully saturated rings. The zero-order valence-electron chi connectivity index (χ0n) is 10.3. The standard InChI is InChI=1S/C14H23NS/c1-3-5-6-7-8-11-15-12-14-10-9-13(4-2)16-14/h3,9-10,15H,1,4-8,11-12H2,2H3. The Morgan fingerprint density at radius 3 is 2.75 bits per heavy atom. The van der Waals surface area contributed by atoms with E-state index in [0.717, 1.165) is 25.9 Å². The van der Waals surface area contributed by atoms with Crippen LogP contribution in [0.25, 0.3) is 0 Å². The maximum atomic E-state index is 3.73. The Bertz CT molecular complexity index is 291. The molecule has 1 N–H and O–H groups in total. The first-order valence-electron chi connectivity index (χ1n) is 6.26. The van der Waals surface area contributed by atoms with Crippen LogP contribution in [0.4, 0.5) is 0 Å². The zero-order chi connectivity index (χ0) is 11.6. The van der Waals surface area contributed by atoms with Crippen LogP contribution in [0.2, 0.25) is 0 Å². The molecule has 90 valence electrons. The van der Waals surface area contributed by atoms with Gasteiger partial charge in [0.25, 0.3) is 0 Å². The van der Waals surface area contributed by atoms with E-state index in [2.05, 4.69) is 31.0 Å². The zero-order valence-corrected chi connectivity index (χ0v) is 11.1. The molecule has 0 atom stereocenters. The van der Waals surface area contributed by atoms with Crippen LogP contribution in [-0.2, 0) is 13.0 Å². The molecule has 0 aromatic carbocycles. The number of thiophene rings is 1. The fourth-order valence-corrected chi connectivity index (χ4v) is 2.56. The summed E-state index contributed by atoms with van der Waals surface area (Å²) < 4.78 is 0. The quantitative estimate of drug-likeness (QED) is 0.502. The number of hydrogen-bond donors (Lipinski definition) is 1. The second kappa shape index (κ2) is 8.54. The van der Waals surface area contributed by atoms with Gasteiger partial charge in [0.1, 0.15) is 0 Å². The summed E-state index contributed by atoms with van der Waals surface area (Å²) in [6.07, 6.45) is 8.19. The summed E-state index contributed by atoms with van der Waals surface area (Å²) in [6.45, 7) is 8.11. The van der Waals surface area contributed by atoms with E-state index in [-0.39, 0.29) is 0 Å². The maximum Gasteiger partial charge on any atom is 0.0299 e. The molecule has 0 bridgehead atoms. The van der Waals surface area contributed by atoms with E-state index in [1.807, 2.05) is 17.4 Å². The third kappa shape index (κ3) is 5.47. The Balaban J connectivity index is 2.00. The summed E-state index contributed by atoms with van der Waals surface area (Å²) in [5.74, 6) is 0. The molecular weight excluding hydrogens is 214 g/mol. The van der Waals surface area contributed by atoms with Crippen molar-refractivity contribution in [3.8, 4) is 0 Å². The highest BCUT2D eigenvalue weighted by Crippen LogP contribution is 2.16. The summed E-state index contributed by atoms with van der Waals surface area (Å²) in [6, 6.07) is 4.49. The van der Waals surface area contributed by atoms with E-state index >= 15 is 0 Å². The minimum absolute atomic E-state index is 1.03. The van der Waals surface area contributed by atoms with Gasteiger partial charge >= 0.3 is 0 Å². The van der Waals surface area contributed by atoms with Crippen molar-refractivity contribution in [2.24, 2.45) is 0 Å². The second-order valence-electron chi connectivity index (χ2n) is 4.04. The van der Waals surface area contributed by atoms with Crippen LogP contribution in [0.15, 0.2) is 24.8 Å². The van der Waals surface area contributed by atoms with Gasteiger partial charge in [-0.25, -0.2) is 0 Å². The topological polar surface area (TPSA) is 12.0 Å². The van der Waals surface area contributed by atoms with Crippen LogP contribution < -0.4 is 5.32 Å².